The molecule has 1 aliphatic rings. The molecule has 2 heterocycles. The highest BCUT2D eigenvalue weighted by molar-refractivity contribution is 7.92. The number of aromatic nitrogens is 1. The molecule has 3 rings (SSSR count). The van der Waals surface area contributed by atoms with Crippen LogP contribution in [0.4, 0.5) is 0 Å². The lowest BCUT2D eigenvalue weighted by Crippen LogP contribution is -2.35. The maximum absolute atomic E-state index is 12.2. The van der Waals surface area contributed by atoms with Crippen LogP contribution in [0.25, 0.3) is 11.1 Å². The molecular weight excluding hydrogens is 304 g/mol. The van der Waals surface area contributed by atoms with Crippen molar-refractivity contribution in [2.45, 2.75) is 17.4 Å². The average molecular weight is 316 g/mol. The van der Waals surface area contributed by atoms with Crippen LogP contribution in [0, 0.1) is 0 Å². The Balaban J connectivity index is 1.88. The minimum atomic E-state index is -3.77. The van der Waals surface area contributed by atoms with Crippen molar-refractivity contribution in [2.75, 3.05) is 11.5 Å². The molecular formula is C11H12N2O5S2. The first-order valence-corrected chi connectivity index (χ1v) is 9.22. The third kappa shape index (κ3) is 2.56. The van der Waals surface area contributed by atoms with E-state index in [1.165, 1.54) is 18.5 Å². The molecule has 1 N–H and O–H groups in total. The monoisotopic (exact) mass is 316 g/mol. The maximum atomic E-state index is 12.2. The van der Waals surface area contributed by atoms with Crippen LogP contribution in [0.5, 0.6) is 0 Å². The van der Waals surface area contributed by atoms with E-state index in [4.69, 9.17) is 4.42 Å². The van der Waals surface area contributed by atoms with E-state index in [9.17, 15) is 16.8 Å². The number of nitrogens with one attached hydrogen (secondary N) is 1. The van der Waals surface area contributed by atoms with Gasteiger partial charge in [-0.1, -0.05) is 0 Å². The summed E-state index contributed by atoms with van der Waals surface area (Å²) in [4.78, 5) is 3.94. The largest absolute Gasteiger partial charge is 0.443 e. The van der Waals surface area contributed by atoms with Crippen molar-refractivity contribution in [1.29, 1.82) is 0 Å². The third-order valence-electron chi connectivity index (χ3n) is 3.17. The van der Waals surface area contributed by atoms with Crippen LogP contribution in [0.3, 0.4) is 0 Å². The van der Waals surface area contributed by atoms with Gasteiger partial charge in [-0.05, 0) is 18.6 Å². The summed E-state index contributed by atoms with van der Waals surface area (Å²) in [5.41, 5.74) is 0.930. The van der Waals surface area contributed by atoms with Crippen molar-refractivity contribution in [3.63, 3.8) is 0 Å². The zero-order valence-corrected chi connectivity index (χ0v) is 11.9. The number of oxazole rings is 1. The van der Waals surface area contributed by atoms with E-state index in [-0.39, 0.29) is 16.4 Å². The van der Waals surface area contributed by atoms with Gasteiger partial charge in [0.05, 0.1) is 16.4 Å². The highest BCUT2D eigenvalue weighted by atomic mass is 32.2. The topological polar surface area (TPSA) is 106 Å². The molecule has 1 aromatic heterocycles. The van der Waals surface area contributed by atoms with Crippen LogP contribution in [-0.2, 0) is 19.9 Å². The molecule has 0 bridgehead atoms. The van der Waals surface area contributed by atoms with Gasteiger partial charge in [0, 0.05) is 12.1 Å². The number of sulfone groups is 1. The molecule has 1 atom stereocenters. The van der Waals surface area contributed by atoms with Gasteiger partial charge in [-0.25, -0.2) is 26.5 Å². The summed E-state index contributed by atoms with van der Waals surface area (Å²) < 4.78 is 54.6. The lowest BCUT2D eigenvalue weighted by atomic mass is 10.3. The smallest absolute Gasteiger partial charge is 0.240 e. The highest BCUT2D eigenvalue weighted by Crippen LogP contribution is 2.20. The molecule has 108 valence electrons. The molecule has 1 fully saturated rings. The standard InChI is InChI=1S/C11H12N2O5S2/c14-19(15)4-3-8(6-19)13-20(16,17)9-1-2-10-11(5-9)18-7-12-10/h1-2,5,7-8,13H,3-4,6H2. The second-order valence-electron chi connectivity index (χ2n) is 4.70. The first kappa shape index (κ1) is 13.5. The summed E-state index contributed by atoms with van der Waals surface area (Å²) in [6.45, 7) is 0. The second-order valence-corrected chi connectivity index (χ2v) is 8.65. The summed E-state index contributed by atoms with van der Waals surface area (Å²) in [7, 11) is -6.90. The van der Waals surface area contributed by atoms with Crippen molar-refractivity contribution >= 4 is 31.0 Å². The van der Waals surface area contributed by atoms with Crippen LogP contribution in [-0.4, -0.2) is 39.4 Å². The van der Waals surface area contributed by atoms with Gasteiger partial charge in [-0.3, -0.25) is 0 Å². The predicted octanol–water partition coefficient (Wildman–Crippen LogP) is 0.293. The van der Waals surface area contributed by atoms with Crippen LogP contribution < -0.4 is 4.72 Å². The molecule has 1 unspecified atom stereocenters. The van der Waals surface area contributed by atoms with Gasteiger partial charge in [0.25, 0.3) is 0 Å². The molecule has 1 saturated heterocycles. The molecule has 0 spiro atoms. The summed E-state index contributed by atoms with van der Waals surface area (Å²) in [6, 6.07) is 3.75. The van der Waals surface area contributed by atoms with E-state index < -0.39 is 25.9 Å². The molecule has 0 saturated carbocycles. The Morgan fingerprint density at radius 2 is 2.15 bits per heavy atom. The first-order valence-electron chi connectivity index (χ1n) is 5.92. The summed E-state index contributed by atoms with van der Waals surface area (Å²) in [5, 5.41) is 0. The SMILES string of the molecule is O=S1(=O)CCC(NS(=O)(=O)c2ccc3ncoc3c2)C1. The first-order chi connectivity index (χ1) is 9.36. The molecule has 0 radical (unpaired) electrons. The number of fused-ring (bicyclic) bond motifs is 1. The predicted molar refractivity (Wildman–Crippen MR) is 71.4 cm³/mol. The summed E-state index contributed by atoms with van der Waals surface area (Å²) >= 11 is 0. The molecule has 9 heteroatoms. The number of hydrogen-bond donors (Lipinski definition) is 1. The van der Waals surface area contributed by atoms with Crippen molar-refractivity contribution in [3.8, 4) is 0 Å². The van der Waals surface area contributed by atoms with Gasteiger partial charge in [0.1, 0.15) is 5.52 Å². The van der Waals surface area contributed by atoms with Crippen molar-refractivity contribution < 1.29 is 21.3 Å². The van der Waals surface area contributed by atoms with E-state index in [0.29, 0.717) is 17.5 Å². The minimum Gasteiger partial charge on any atom is -0.443 e. The Morgan fingerprint density at radius 3 is 2.85 bits per heavy atom. The zero-order valence-electron chi connectivity index (χ0n) is 10.3. The maximum Gasteiger partial charge on any atom is 0.240 e. The van der Waals surface area contributed by atoms with Gasteiger partial charge < -0.3 is 4.42 Å². The van der Waals surface area contributed by atoms with E-state index in [1.54, 1.807) is 6.07 Å². The van der Waals surface area contributed by atoms with Crippen LogP contribution in [0.15, 0.2) is 33.9 Å². The average Bonchev–Trinajstić information content (AvgIpc) is 2.94. The van der Waals surface area contributed by atoms with Gasteiger partial charge in [0.2, 0.25) is 10.0 Å². The van der Waals surface area contributed by atoms with Gasteiger partial charge >= 0.3 is 0 Å². The van der Waals surface area contributed by atoms with Gasteiger partial charge in [-0.15, -0.1) is 0 Å². The fourth-order valence-corrected chi connectivity index (χ4v) is 5.24. The Hall–Kier alpha value is -1.45. The summed E-state index contributed by atoms with van der Waals surface area (Å²) in [6.07, 6.45) is 1.53. The fraction of sp³-hybridized carbons (Fsp3) is 0.364. The minimum absolute atomic E-state index is 0.0152. The number of sulfonamides is 1. The Labute approximate surface area is 116 Å². The molecule has 20 heavy (non-hydrogen) atoms. The normalized spacial score (nSPS) is 22.3. The van der Waals surface area contributed by atoms with E-state index in [0.717, 1.165) is 0 Å². The van der Waals surface area contributed by atoms with Crippen molar-refractivity contribution in [3.05, 3.63) is 24.6 Å². The molecule has 1 aromatic carbocycles. The second kappa shape index (κ2) is 4.54. The van der Waals surface area contributed by atoms with Gasteiger partial charge in [0.15, 0.2) is 21.8 Å². The quantitative estimate of drug-likeness (QED) is 0.872. The number of rotatable bonds is 3. The zero-order chi connectivity index (χ0) is 14.4. The summed E-state index contributed by atoms with van der Waals surface area (Å²) in [5.74, 6) is -0.141. The number of hydrogen-bond acceptors (Lipinski definition) is 6. The Bertz CT molecular complexity index is 854. The molecule has 7 nitrogen and oxygen atoms in total. The van der Waals surface area contributed by atoms with Crippen LogP contribution in [0.2, 0.25) is 0 Å². The lowest BCUT2D eigenvalue weighted by molar-refractivity contribution is 0.561. The molecule has 0 aliphatic carbocycles. The van der Waals surface area contributed by atoms with E-state index >= 15 is 0 Å². The van der Waals surface area contributed by atoms with Crippen LogP contribution >= 0.6 is 0 Å². The number of nitrogens with zero attached hydrogens (tertiary/aromatic N) is 1. The van der Waals surface area contributed by atoms with Crippen molar-refractivity contribution in [2.24, 2.45) is 0 Å². The van der Waals surface area contributed by atoms with E-state index in [1.807, 2.05) is 0 Å². The Kier molecular flexibility index (Phi) is 3.07. The molecule has 2 aromatic rings. The van der Waals surface area contributed by atoms with E-state index in [2.05, 4.69) is 9.71 Å². The van der Waals surface area contributed by atoms with Crippen molar-refractivity contribution in [1.82, 2.24) is 9.71 Å². The third-order valence-corrected chi connectivity index (χ3v) is 6.45. The van der Waals surface area contributed by atoms with Gasteiger partial charge in [-0.2, -0.15) is 0 Å². The Morgan fingerprint density at radius 1 is 1.35 bits per heavy atom. The van der Waals surface area contributed by atoms with Crippen LogP contribution in [0.1, 0.15) is 6.42 Å². The lowest BCUT2D eigenvalue weighted by Gasteiger charge is -2.11. The molecule has 0 amide bonds. The molecule has 1 aliphatic heterocycles. The fourth-order valence-electron chi connectivity index (χ4n) is 2.18. The highest BCUT2D eigenvalue weighted by Gasteiger charge is 2.31. The number of benzene rings is 1.